The average molecular weight is 230 g/mol. The number of nitrogens with two attached hydrogens (primary N) is 1. The Morgan fingerprint density at radius 1 is 1.24 bits per heavy atom. The fourth-order valence-electron chi connectivity index (χ4n) is 2.00. The largest absolute Gasteiger partial charge is 0.337 e. The maximum absolute atomic E-state index is 12.1. The normalized spacial score (nSPS) is 23.0. The highest BCUT2D eigenvalue weighted by atomic mass is 16.2. The van der Waals surface area contributed by atoms with Crippen LogP contribution in [-0.4, -0.2) is 23.4 Å². The molecule has 1 heterocycles. The summed E-state index contributed by atoms with van der Waals surface area (Å²) in [5.74, 6) is 0.0539. The van der Waals surface area contributed by atoms with Crippen molar-refractivity contribution >= 4 is 5.91 Å². The van der Waals surface area contributed by atoms with Crippen LogP contribution in [0.1, 0.15) is 18.4 Å². The maximum Gasteiger partial charge on any atom is 0.240 e. The van der Waals surface area contributed by atoms with Gasteiger partial charge in [0.1, 0.15) is 0 Å². The van der Waals surface area contributed by atoms with Crippen molar-refractivity contribution in [3.05, 3.63) is 48.0 Å². The SMILES string of the molecule is N[C@H]1C/C=C\CCN(Cc2ccccc2)C1=O. The first-order valence-electron chi connectivity index (χ1n) is 6.00. The van der Waals surface area contributed by atoms with Crippen molar-refractivity contribution in [1.82, 2.24) is 4.90 Å². The lowest BCUT2D eigenvalue weighted by Gasteiger charge is -2.26. The van der Waals surface area contributed by atoms with E-state index in [1.54, 1.807) is 0 Å². The van der Waals surface area contributed by atoms with Crippen LogP contribution in [0, 0.1) is 0 Å². The predicted octanol–water partition coefficient (Wildman–Crippen LogP) is 1.69. The molecule has 1 aliphatic rings. The Labute approximate surface area is 102 Å². The van der Waals surface area contributed by atoms with E-state index in [-0.39, 0.29) is 5.91 Å². The minimum Gasteiger partial charge on any atom is -0.337 e. The quantitative estimate of drug-likeness (QED) is 0.786. The fourth-order valence-corrected chi connectivity index (χ4v) is 2.00. The first-order valence-corrected chi connectivity index (χ1v) is 6.00. The van der Waals surface area contributed by atoms with E-state index < -0.39 is 6.04 Å². The Morgan fingerprint density at radius 2 is 2.00 bits per heavy atom. The third-order valence-corrected chi connectivity index (χ3v) is 2.97. The van der Waals surface area contributed by atoms with Crippen molar-refractivity contribution in [3.63, 3.8) is 0 Å². The molecule has 1 atom stereocenters. The second-order valence-electron chi connectivity index (χ2n) is 4.35. The number of carbonyl (C=O) groups is 1. The van der Waals surface area contributed by atoms with E-state index in [1.807, 2.05) is 41.3 Å². The van der Waals surface area contributed by atoms with Gasteiger partial charge in [-0.1, -0.05) is 42.5 Å². The molecule has 0 radical (unpaired) electrons. The van der Waals surface area contributed by atoms with Crippen LogP contribution in [0.3, 0.4) is 0 Å². The first-order chi connectivity index (χ1) is 8.27. The second kappa shape index (κ2) is 5.64. The molecule has 17 heavy (non-hydrogen) atoms. The summed E-state index contributed by atoms with van der Waals surface area (Å²) in [5.41, 5.74) is 7.00. The van der Waals surface area contributed by atoms with Gasteiger partial charge in [-0.25, -0.2) is 0 Å². The molecule has 90 valence electrons. The third-order valence-electron chi connectivity index (χ3n) is 2.97. The van der Waals surface area contributed by atoms with Gasteiger partial charge in [0.05, 0.1) is 6.04 Å². The van der Waals surface area contributed by atoms with Gasteiger partial charge in [-0.3, -0.25) is 4.79 Å². The minimum atomic E-state index is -0.393. The molecule has 0 aliphatic carbocycles. The first kappa shape index (κ1) is 11.9. The molecule has 3 nitrogen and oxygen atoms in total. The minimum absolute atomic E-state index is 0.0539. The standard InChI is InChI=1S/C14H18N2O/c15-13-9-5-2-6-10-16(14(13)17)11-12-7-3-1-4-8-12/h1-5,7-8,13H,6,9-11,15H2/b5-2-/t13-/m0/s1. The molecule has 1 amide bonds. The summed E-state index contributed by atoms with van der Waals surface area (Å²) in [6.07, 6.45) is 5.65. The van der Waals surface area contributed by atoms with Gasteiger partial charge in [-0.05, 0) is 18.4 Å². The number of hydrogen-bond acceptors (Lipinski definition) is 2. The summed E-state index contributed by atoms with van der Waals surface area (Å²) < 4.78 is 0. The van der Waals surface area contributed by atoms with Gasteiger partial charge in [0.2, 0.25) is 5.91 Å². The van der Waals surface area contributed by atoms with E-state index >= 15 is 0 Å². The molecule has 1 aromatic carbocycles. The van der Waals surface area contributed by atoms with Crippen LogP contribution in [0.25, 0.3) is 0 Å². The Hall–Kier alpha value is -1.61. The van der Waals surface area contributed by atoms with Crippen LogP contribution >= 0.6 is 0 Å². The number of benzene rings is 1. The summed E-state index contributed by atoms with van der Waals surface area (Å²) in [6, 6.07) is 9.64. The smallest absolute Gasteiger partial charge is 0.240 e. The molecule has 1 aromatic rings. The van der Waals surface area contributed by atoms with Crippen molar-refractivity contribution in [1.29, 1.82) is 0 Å². The van der Waals surface area contributed by atoms with Crippen LogP contribution in [0.15, 0.2) is 42.5 Å². The number of carbonyl (C=O) groups excluding carboxylic acids is 1. The van der Waals surface area contributed by atoms with Crippen LogP contribution in [0.2, 0.25) is 0 Å². The number of nitrogens with zero attached hydrogens (tertiary/aromatic N) is 1. The van der Waals surface area contributed by atoms with E-state index in [9.17, 15) is 4.79 Å². The number of amides is 1. The highest BCUT2D eigenvalue weighted by Gasteiger charge is 2.20. The second-order valence-corrected chi connectivity index (χ2v) is 4.35. The van der Waals surface area contributed by atoms with Gasteiger partial charge in [-0.15, -0.1) is 0 Å². The molecule has 0 aromatic heterocycles. The molecular weight excluding hydrogens is 212 g/mol. The van der Waals surface area contributed by atoms with Gasteiger partial charge >= 0.3 is 0 Å². The highest BCUT2D eigenvalue weighted by molar-refractivity contribution is 5.82. The highest BCUT2D eigenvalue weighted by Crippen LogP contribution is 2.10. The van der Waals surface area contributed by atoms with Crippen molar-refractivity contribution in [2.24, 2.45) is 5.73 Å². The molecule has 2 rings (SSSR count). The third kappa shape index (κ3) is 3.17. The molecule has 2 N–H and O–H groups in total. The maximum atomic E-state index is 12.1. The van der Waals surface area contributed by atoms with Gasteiger partial charge in [0.15, 0.2) is 0 Å². The Balaban J connectivity index is 2.08. The lowest BCUT2D eigenvalue weighted by atomic mass is 10.1. The molecule has 1 aliphatic heterocycles. The monoisotopic (exact) mass is 230 g/mol. The topological polar surface area (TPSA) is 46.3 Å². The molecule has 0 bridgehead atoms. The molecule has 0 saturated carbocycles. The van der Waals surface area contributed by atoms with Crippen molar-refractivity contribution < 1.29 is 4.79 Å². The van der Waals surface area contributed by atoms with Gasteiger partial charge in [-0.2, -0.15) is 0 Å². The predicted molar refractivity (Wildman–Crippen MR) is 68.2 cm³/mol. The summed E-state index contributed by atoms with van der Waals surface area (Å²) in [5, 5.41) is 0. The van der Waals surface area contributed by atoms with Crippen molar-refractivity contribution in [2.45, 2.75) is 25.4 Å². The van der Waals surface area contributed by atoms with Crippen LogP contribution in [0.5, 0.6) is 0 Å². The van der Waals surface area contributed by atoms with Crippen molar-refractivity contribution in [2.75, 3.05) is 6.54 Å². The van der Waals surface area contributed by atoms with E-state index in [0.717, 1.165) is 18.5 Å². The Bertz CT molecular complexity index is 400. The Kier molecular flexibility index (Phi) is 3.94. The molecule has 0 saturated heterocycles. The summed E-state index contributed by atoms with van der Waals surface area (Å²) in [4.78, 5) is 13.9. The molecule has 3 heteroatoms. The molecule has 0 unspecified atom stereocenters. The summed E-state index contributed by atoms with van der Waals surface area (Å²) >= 11 is 0. The lowest BCUT2D eigenvalue weighted by Crippen LogP contribution is -2.44. The molecule has 0 spiro atoms. The summed E-state index contributed by atoms with van der Waals surface area (Å²) in [6.45, 7) is 1.40. The van der Waals surface area contributed by atoms with E-state index in [4.69, 9.17) is 5.73 Å². The van der Waals surface area contributed by atoms with Crippen molar-refractivity contribution in [3.8, 4) is 0 Å². The van der Waals surface area contributed by atoms with E-state index in [2.05, 4.69) is 6.08 Å². The number of hydrogen-bond donors (Lipinski definition) is 1. The van der Waals surface area contributed by atoms with Gasteiger partial charge < -0.3 is 10.6 Å². The number of rotatable bonds is 2. The average Bonchev–Trinajstić information content (AvgIpc) is 2.36. The van der Waals surface area contributed by atoms with Crippen LogP contribution < -0.4 is 5.73 Å². The fraction of sp³-hybridized carbons (Fsp3) is 0.357. The molecular formula is C14H18N2O. The van der Waals surface area contributed by atoms with Crippen LogP contribution in [0.4, 0.5) is 0 Å². The van der Waals surface area contributed by atoms with Gasteiger partial charge in [0, 0.05) is 13.1 Å². The zero-order valence-corrected chi connectivity index (χ0v) is 9.88. The van der Waals surface area contributed by atoms with E-state index in [1.165, 1.54) is 0 Å². The van der Waals surface area contributed by atoms with Crippen LogP contribution in [-0.2, 0) is 11.3 Å². The Morgan fingerprint density at radius 3 is 2.76 bits per heavy atom. The lowest BCUT2D eigenvalue weighted by molar-refractivity contribution is -0.133. The summed E-state index contributed by atoms with van der Waals surface area (Å²) in [7, 11) is 0. The van der Waals surface area contributed by atoms with E-state index in [0.29, 0.717) is 13.0 Å². The van der Waals surface area contributed by atoms with Gasteiger partial charge in [0.25, 0.3) is 0 Å². The molecule has 0 fully saturated rings. The zero-order chi connectivity index (χ0) is 12.1. The zero-order valence-electron chi connectivity index (χ0n) is 9.88.